The van der Waals surface area contributed by atoms with Crippen LogP contribution in [0.2, 0.25) is 0 Å². The predicted molar refractivity (Wildman–Crippen MR) is 89.4 cm³/mol. The van der Waals surface area contributed by atoms with Gasteiger partial charge < -0.3 is 10.6 Å². The minimum absolute atomic E-state index is 0.0785. The highest BCUT2D eigenvalue weighted by Crippen LogP contribution is 2.23. The summed E-state index contributed by atoms with van der Waals surface area (Å²) in [6.45, 7) is 6.17. The molecule has 0 bridgehead atoms. The minimum atomic E-state index is -0.484. The van der Waals surface area contributed by atoms with Crippen LogP contribution >= 0.6 is 0 Å². The minimum Gasteiger partial charge on any atom is -0.319 e. The standard InChI is InChI=1S/C16H24N4O3/c1-2-17-11-13-7-9-19(10-8-13)12-16(21)18-14-5-3-4-6-15(14)20(22)23/h3-6,13,17H,2,7-12H2,1H3,(H,18,21). The lowest BCUT2D eigenvalue weighted by atomic mass is 9.97. The van der Waals surface area contributed by atoms with E-state index in [0.717, 1.165) is 39.0 Å². The van der Waals surface area contributed by atoms with Crippen molar-refractivity contribution in [2.75, 3.05) is 38.0 Å². The third kappa shape index (κ3) is 5.30. The molecule has 7 heteroatoms. The van der Waals surface area contributed by atoms with Crippen LogP contribution in [0.15, 0.2) is 24.3 Å². The Kier molecular flexibility index (Phi) is 6.49. The molecule has 1 fully saturated rings. The summed E-state index contributed by atoms with van der Waals surface area (Å²) >= 11 is 0. The van der Waals surface area contributed by atoms with E-state index in [-0.39, 0.29) is 23.8 Å². The van der Waals surface area contributed by atoms with E-state index in [1.54, 1.807) is 18.2 Å². The molecule has 1 aromatic rings. The maximum Gasteiger partial charge on any atom is 0.292 e. The molecule has 0 saturated carbocycles. The summed E-state index contributed by atoms with van der Waals surface area (Å²) in [5.74, 6) is 0.467. The number of nitro groups is 1. The van der Waals surface area contributed by atoms with Gasteiger partial charge in [0.15, 0.2) is 0 Å². The summed E-state index contributed by atoms with van der Waals surface area (Å²) in [7, 11) is 0. The van der Waals surface area contributed by atoms with Crippen molar-refractivity contribution in [3.8, 4) is 0 Å². The van der Waals surface area contributed by atoms with Crippen LogP contribution in [0.3, 0.4) is 0 Å². The molecule has 1 aliphatic rings. The number of nitrogens with zero attached hydrogens (tertiary/aromatic N) is 2. The third-order valence-corrected chi connectivity index (χ3v) is 4.13. The Morgan fingerprint density at radius 3 is 2.70 bits per heavy atom. The highest BCUT2D eigenvalue weighted by molar-refractivity contribution is 5.94. The van der Waals surface area contributed by atoms with Gasteiger partial charge in [-0.05, 0) is 51.0 Å². The highest BCUT2D eigenvalue weighted by Gasteiger charge is 2.21. The quantitative estimate of drug-likeness (QED) is 0.591. The maximum atomic E-state index is 12.1. The molecular formula is C16H24N4O3. The molecule has 0 radical (unpaired) electrons. The number of nitro benzene ring substituents is 1. The van der Waals surface area contributed by atoms with Gasteiger partial charge in [-0.3, -0.25) is 19.8 Å². The second-order valence-electron chi connectivity index (χ2n) is 5.85. The number of hydrogen-bond donors (Lipinski definition) is 2. The molecule has 1 aromatic carbocycles. The molecule has 2 N–H and O–H groups in total. The predicted octanol–water partition coefficient (Wildman–Crippen LogP) is 1.85. The van der Waals surface area contributed by atoms with Crippen molar-refractivity contribution in [1.29, 1.82) is 0 Å². The van der Waals surface area contributed by atoms with E-state index in [1.807, 2.05) is 0 Å². The van der Waals surface area contributed by atoms with Gasteiger partial charge in [-0.1, -0.05) is 19.1 Å². The van der Waals surface area contributed by atoms with Gasteiger partial charge in [0.25, 0.3) is 5.69 Å². The van der Waals surface area contributed by atoms with Crippen molar-refractivity contribution < 1.29 is 9.72 Å². The first kappa shape index (κ1) is 17.4. The lowest BCUT2D eigenvalue weighted by Gasteiger charge is -2.31. The average Bonchev–Trinajstić information content (AvgIpc) is 2.54. The Morgan fingerprint density at radius 2 is 2.04 bits per heavy atom. The SMILES string of the molecule is CCNCC1CCN(CC(=O)Nc2ccccc2[N+](=O)[O-])CC1. The molecule has 126 valence electrons. The zero-order valence-corrected chi connectivity index (χ0v) is 13.5. The van der Waals surface area contributed by atoms with Gasteiger partial charge in [-0.25, -0.2) is 0 Å². The molecular weight excluding hydrogens is 296 g/mol. The molecule has 0 aromatic heterocycles. The Balaban J connectivity index is 1.81. The zero-order valence-electron chi connectivity index (χ0n) is 13.5. The van der Waals surface area contributed by atoms with Gasteiger partial charge in [0.1, 0.15) is 5.69 Å². The van der Waals surface area contributed by atoms with Crippen molar-refractivity contribution in [3.05, 3.63) is 34.4 Å². The number of benzene rings is 1. The van der Waals surface area contributed by atoms with Gasteiger partial charge in [-0.15, -0.1) is 0 Å². The summed E-state index contributed by atoms with van der Waals surface area (Å²) < 4.78 is 0. The fourth-order valence-electron chi connectivity index (χ4n) is 2.83. The summed E-state index contributed by atoms with van der Waals surface area (Å²) in [5, 5.41) is 17.0. The molecule has 0 aliphatic carbocycles. The first-order valence-corrected chi connectivity index (χ1v) is 8.06. The van der Waals surface area contributed by atoms with Crippen LogP contribution in [0.4, 0.5) is 11.4 Å². The number of anilines is 1. The maximum absolute atomic E-state index is 12.1. The van der Waals surface area contributed by atoms with Crippen LogP contribution in [-0.4, -0.2) is 48.5 Å². The van der Waals surface area contributed by atoms with E-state index in [2.05, 4.69) is 22.5 Å². The Morgan fingerprint density at radius 1 is 1.35 bits per heavy atom. The van der Waals surface area contributed by atoms with Crippen molar-refractivity contribution in [2.24, 2.45) is 5.92 Å². The third-order valence-electron chi connectivity index (χ3n) is 4.13. The summed E-state index contributed by atoms with van der Waals surface area (Å²) in [4.78, 5) is 24.7. The molecule has 0 unspecified atom stereocenters. The lowest BCUT2D eigenvalue weighted by molar-refractivity contribution is -0.383. The van der Waals surface area contributed by atoms with Gasteiger partial charge in [0.05, 0.1) is 11.5 Å². The number of para-hydroxylation sites is 2. The van der Waals surface area contributed by atoms with E-state index >= 15 is 0 Å². The Labute approximate surface area is 136 Å². The van der Waals surface area contributed by atoms with E-state index in [1.165, 1.54) is 6.07 Å². The van der Waals surface area contributed by atoms with Crippen LogP contribution in [0, 0.1) is 16.0 Å². The van der Waals surface area contributed by atoms with Gasteiger partial charge in [0.2, 0.25) is 5.91 Å². The van der Waals surface area contributed by atoms with Crippen molar-refractivity contribution in [2.45, 2.75) is 19.8 Å². The molecule has 1 saturated heterocycles. The Bertz CT molecular complexity index is 542. The van der Waals surface area contributed by atoms with Crippen molar-refractivity contribution >= 4 is 17.3 Å². The molecule has 23 heavy (non-hydrogen) atoms. The van der Waals surface area contributed by atoms with Crippen LogP contribution in [0.1, 0.15) is 19.8 Å². The number of rotatable bonds is 7. The lowest BCUT2D eigenvalue weighted by Crippen LogP contribution is -2.41. The molecule has 2 rings (SSSR count). The van der Waals surface area contributed by atoms with E-state index in [9.17, 15) is 14.9 Å². The number of carbonyl (C=O) groups is 1. The van der Waals surface area contributed by atoms with Crippen LogP contribution in [0.25, 0.3) is 0 Å². The highest BCUT2D eigenvalue weighted by atomic mass is 16.6. The normalized spacial score (nSPS) is 16.2. The molecule has 1 heterocycles. The molecule has 0 spiro atoms. The molecule has 0 atom stereocenters. The summed E-state index contributed by atoms with van der Waals surface area (Å²) in [5.41, 5.74) is 0.176. The van der Waals surface area contributed by atoms with Gasteiger partial charge in [0, 0.05) is 6.07 Å². The van der Waals surface area contributed by atoms with Gasteiger partial charge >= 0.3 is 0 Å². The van der Waals surface area contributed by atoms with Crippen molar-refractivity contribution in [3.63, 3.8) is 0 Å². The van der Waals surface area contributed by atoms with E-state index < -0.39 is 4.92 Å². The Hall–Kier alpha value is -1.99. The topological polar surface area (TPSA) is 87.5 Å². The van der Waals surface area contributed by atoms with E-state index in [4.69, 9.17) is 0 Å². The first-order chi connectivity index (χ1) is 11.1. The number of hydrogen-bond acceptors (Lipinski definition) is 5. The molecule has 1 amide bonds. The summed E-state index contributed by atoms with van der Waals surface area (Å²) in [6, 6.07) is 6.21. The monoisotopic (exact) mass is 320 g/mol. The van der Waals surface area contributed by atoms with Crippen LogP contribution in [0.5, 0.6) is 0 Å². The van der Waals surface area contributed by atoms with E-state index in [0.29, 0.717) is 5.92 Å². The number of piperidine rings is 1. The average molecular weight is 320 g/mol. The number of amides is 1. The van der Waals surface area contributed by atoms with Crippen LogP contribution < -0.4 is 10.6 Å². The second-order valence-corrected chi connectivity index (χ2v) is 5.85. The van der Waals surface area contributed by atoms with Crippen molar-refractivity contribution in [1.82, 2.24) is 10.2 Å². The summed E-state index contributed by atoms with van der Waals surface area (Å²) in [6.07, 6.45) is 2.15. The second kappa shape index (κ2) is 8.59. The first-order valence-electron chi connectivity index (χ1n) is 8.06. The fourth-order valence-corrected chi connectivity index (χ4v) is 2.83. The van der Waals surface area contributed by atoms with Gasteiger partial charge in [-0.2, -0.15) is 0 Å². The molecule has 7 nitrogen and oxygen atoms in total. The largest absolute Gasteiger partial charge is 0.319 e. The molecule has 1 aliphatic heterocycles. The van der Waals surface area contributed by atoms with Crippen LogP contribution in [-0.2, 0) is 4.79 Å². The fraction of sp³-hybridized carbons (Fsp3) is 0.562. The smallest absolute Gasteiger partial charge is 0.292 e. The number of nitrogens with one attached hydrogen (secondary N) is 2. The zero-order chi connectivity index (χ0) is 16.7. The number of likely N-dealkylation sites (tertiary alicyclic amines) is 1. The number of carbonyl (C=O) groups excluding carboxylic acids is 1.